The minimum absolute atomic E-state index is 0.151. The molecule has 1 unspecified atom stereocenters. The molecule has 0 aliphatic carbocycles. The molecule has 0 heterocycles. The van der Waals surface area contributed by atoms with Gasteiger partial charge >= 0.3 is 17.9 Å². The smallest absolute Gasteiger partial charge is 0.414 e. The number of rotatable bonds is 28. The lowest BCUT2D eigenvalue weighted by Crippen LogP contribution is -2.38. The third kappa shape index (κ3) is 34.4. The molecular formula is C33H65NO7. The summed E-state index contributed by atoms with van der Waals surface area (Å²) in [7, 11) is 0. The van der Waals surface area contributed by atoms with E-state index in [1.165, 1.54) is 129 Å². The number of carboxylic acids is 2. The van der Waals surface area contributed by atoms with Crippen LogP contribution in [0.1, 0.15) is 156 Å². The number of carbonyl (C=O) groups is 3. The van der Waals surface area contributed by atoms with Crippen molar-refractivity contribution < 1.29 is 34.1 Å². The summed E-state index contributed by atoms with van der Waals surface area (Å²) >= 11 is 0. The van der Waals surface area contributed by atoms with Gasteiger partial charge in [-0.2, -0.15) is 0 Å². The van der Waals surface area contributed by atoms with E-state index in [0.29, 0.717) is 6.61 Å². The molecule has 1 atom stereocenters. The standard InChI is InChI=1S/C31H63NO3.C2H2O4/c1-5-8-11-12-13-14-15-16-17-18-19-20-21-22-23-24-27-34-29-31(35-30(4)33)28-32(25-9-6-2)26-10-7-3;3-1(4)2(5)6/h31H,5-29H2,1-4H3;(H,3,4)(H,5,6). The number of aliphatic carboxylic acids is 2. The lowest BCUT2D eigenvalue weighted by molar-refractivity contribution is -0.159. The Balaban J connectivity index is 0. The van der Waals surface area contributed by atoms with Crippen molar-refractivity contribution in [2.45, 2.75) is 162 Å². The lowest BCUT2D eigenvalue weighted by atomic mass is 10.0. The van der Waals surface area contributed by atoms with Crippen LogP contribution in [-0.2, 0) is 23.9 Å². The summed E-state index contributed by atoms with van der Waals surface area (Å²) < 4.78 is 11.5. The lowest BCUT2D eigenvalue weighted by Gasteiger charge is -2.27. The third-order valence-corrected chi connectivity index (χ3v) is 7.08. The first-order valence-electron chi connectivity index (χ1n) is 16.7. The zero-order chi connectivity index (χ0) is 31.0. The predicted molar refractivity (Wildman–Crippen MR) is 167 cm³/mol. The molecule has 0 aromatic heterocycles. The number of nitrogens with zero attached hydrogens (tertiary/aromatic N) is 1. The number of esters is 1. The molecule has 0 rings (SSSR count). The summed E-state index contributed by atoms with van der Waals surface area (Å²) in [6.07, 6.45) is 26.7. The van der Waals surface area contributed by atoms with E-state index in [0.717, 1.165) is 32.7 Å². The second-order valence-electron chi connectivity index (χ2n) is 11.2. The Labute approximate surface area is 251 Å². The van der Waals surface area contributed by atoms with E-state index >= 15 is 0 Å². The van der Waals surface area contributed by atoms with Crippen molar-refractivity contribution >= 4 is 17.9 Å². The number of carbonyl (C=O) groups excluding carboxylic acids is 1. The summed E-state index contributed by atoms with van der Waals surface area (Å²) in [5.41, 5.74) is 0. The molecular weight excluding hydrogens is 522 g/mol. The molecule has 0 radical (unpaired) electrons. The number of carboxylic acid groups (broad SMARTS) is 2. The molecule has 0 aliphatic rings. The molecule has 0 saturated heterocycles. The highest BCUT2D eigenvalue weighted by Crippen LogP contribution is 2.14. The fourth-order valence-electron chi connectivity index (χ4n) is 4.67. The number of ether oxygens (including phenoxy) is 2. The van der Waals surface area contributed by atoms with Crippen LogP contribution in [0.5, 0.6) is 0 Å². The van der Waals surface area contributed by atoms with Gasteiger partial charge in [0.05, 0.1) is 6.61 Å². The highest BCUT2D eigenvalue weighted by atomic mass is 16.6. The first-order valence-corrected chi connectivity index (χ1v) is 16.7. The van der Waals surface area contributed by atoms with Gasteiger partial charge in [0.15, 0.2) is 0 Å². The summed E-state index contributed by atoms with van der Waals surface area (Å²) in [5.74, 6) is -3.85. The predicted octanol–water partition coefficient (Wildman–Crippen LogP) is 8.25. The van der Waals surface area contributed by atoms with Crippen LogP contribution in [0.3, 0.4) is 0 Å². The maximum absolute atomic E-state index is 11.6. The van der Waals surface area contributed by atoms with Crippen molar-refractivity contribution in [1.82, 2.24) is 4.90 Å². The zero-order valence-corrected chi connectivity index (χ0v) is 27.1. The molecule has 0 aromatic rings. The van der Waals surface area contributed by atoms with Gasteiger partial charge in [0.25, 0.3) is 0 Å². The van der Waals surface area contributed by atoms with Crippen LogP contribution in [0.25, 0.3) is 0 Å². The summed E-state index contributed by atoms with van der Waals surface area (Å²) in [4.78, 5) is 32.2. The van der Waals surface area contributed by atoms with Gasteiger partial charge in [-0.05, 0) is 32.4 Å². The molecule has 0 bridgehead atoms. The number of hydrogen-bond donors (Lipinski definition) is 2. The molecule has 244 valence electrons. The van der Waals surface area contributed by atoms with E-state index in [9.17, 15) is 4.79 Å². The van der Waals surface area contributed by atoms with Crippen molar-refractivity contribution in [3.63, 3.8) is 0 Å². The van der Waals surface area contributed by atoms with Crippen molar-refractivity contribution in [2.24, 2.45) is 0 Å². The monoisotopic (exact) mass is 587 g/mol. The first-order chi connectivity index (χ1) is 19.8. The summed E-state index contributed by atoms with van der Waals surface area (Å²) in [5, 5.41) is 14.8. The summed E-state index contributed by atoms with van der Waals surface area (Å²) in [6.45, 7) is 12.5. The molecule has 0 aromatic carbocycles. The van der Waals surface area contributed by atoms with Crippen LogP contribution in [0.2, 0.25) is 0 Å². The van der Waals surface area contributed by atoms with E-state index in [1.807, 2.05) is 0 Å². The molecule has 8 heteroatoms. The number of unbranched alkanes of at least 4 members (excludes halogenated alkanes) is 17. The van der Waals surface area contributed by atoms with E-state index in [2.05, 4.69) is 25.7 Å². The second-order valence-corrected chi connectivity index (χ2v) is 11.2. The molecule has 8 nitrogen and oxygen atoms in total. The topological polar surface area (TPSA) is 113 Å². The van der Waals surface area contributed by atoms with Crippen LogP contribution >= 0.6 is 0 Å². The molecule has 41 heavy (non-hydrogen) atoms. The largest absolute Gasteiger partial charge is 0.473 e. The van der Waals surface area contributed by atoms with Gasteiger partial charge in [0, 0.05) is 20.1 Å². The molecule has 0 amide bonds. The van der Waals surface area contributed by atoms with Crippen LogP contribution in [0, 0.1) is 0 Å². The molecule has 2 N–H and O–H groups in total. The molecule has 0 aliphatic heterocycles. The van der Waals surface area contributed by atoms with Crippen molar-refractivity contribution in [3.8, 4) is 0 Å². The van der Waals surface area contributed by atoms with Gasteiger partial charge in [0.2, 0.25) is 0 Å². The summed E-state index contributed by atoms with van der Waals surface area (Å²) in [6, 6.07) is 0. The Hall–Kier alpha value is -1.67. The average molecular weight is 588 g/mol. The SMILES string of the molecule is CCCCCCCCCCCCCCCCCCOCC(CN(CCCC)CCCC)OC(C)=O.O=C(O)C(=O)O. The van der Waals surface area contributed by atoms with Gasteiger partial charge < -0.3 is 19.7 Å². The van der Waals surface area contributed by atoms with Gasteiger partial charge in [-0.1, -0.05) is 130 Å². The van der Waals surface area contributed by atoms with E-state index in [-0.39, 0.29) is 12.1 Å². The highest BCUT2D eigenvalue weighted by molar-refractivity contribution is 6.27. The Kier molecular flexibility index (Phi) is 33.2. The van der Waals surface area contributed by atoms with Crippen LogP contribution in [-0.4, -0.2) is 72.0 Å². The Morgan fingerprint density at radius 2 is 0.951 bits per heavy atom. The fourth-order valence-corrected chi connectivity index (χ4v) is 4.67. The third-order valence-electron chi connectivity index (χ3n) is 7.08. The quantitative estimate of drug-likeness (QED) is 0.0534. The van der Waals surface area contributed by atoms with Crippen molar-refractivity contribution in [2.75, 3.05) is 32.8 Å². The maximum Gasteiger partial charge on any atom is 0.414 e. The number of hydrogen-bond acceptors (Lipinski definition) is 6. The Morgan fingerprint density at radius 3 is 1.29 bits per heavy atom. The van der Waals surface area contributed by atoms with Crippen LogP contribution in [0.15, 0.2) is 0 Å². The zero-order valence-electron chi connectivity index (χ0n) is 27.1. The second kappa shape index (κ2) is 32.8. The highest BCUT2D eigenvalue weighted by Gasteiger charge is 2.17. The van der Waals surface area contributed by atoms with Gasteiger partial charge in [-0.3, -0.25) is 9.69 Å². The first kappa shape index (κ1) is 41.5. The van der Waals surface area contributed by atoms with E-state index in [4.69, 9.17) is 29.3 Å². The normalized spacial score (nSPS) is 11.6. The Morgan fingerprint density at radius 1 is 0.585 bits per heavy atom. The van der Waals surface area contributed by atoms with Gasteiger partial charge in [0.1, 0.15) is 6.10 Å². The van der Waals surface area contributed by atoms with Gasteiger partial charge in [-0.25, -0.2) is 9.59 Å². The van der Waals surface area contributed by atoms with Crippen LogP contribution in [0.4, 0.5) is 0 Å². The van der Waals surface area contributed by atoms with E-state index < -0.39 is 11.9 Å². The molecule has 0 fully saturated rings. The van der Waals surface area contributed by atoms with Crippen molar-refractivity contribution in [3.05, 3.63) is 0 Å². The average Bonchev–Trinajstić information content (AvgIpc) is 2.93. The van der Waals surface area contributed by atoms with Crippen LogP contribution < -0.4 is 0 Å². The Bertz CT molecular complexity index is 580. The fraction of sp³-hybridized carbons (Fsp3) is 0.909. The molecule has 0 saturated carbocycles. The minimum atomic E-state index is -1.82. The molecule has 0 spiro atoms. The minimum Gasteiger partial charge on any atom is -0.473 e. The maximum atomic E-state index is 11.6. The van der Waals surface area contributed by atoms with E-state index in [1.54, 1.807) is 0 Å². The van der Waals surface area contributed by atoms with Gasteiger partial charge in [-0.15, -0.1) is 0 Å². The van der Waals surface area contributed by atoms with Crippen molar-refractivity contribution in [1.29, 1.82) is 0 Å².